The van der Waals surface area contributed by atoms with Crippen LogP contribution in [0.3, 0.4) is 0 Å². The molecular formula is C19H32ClN. The van der Waals surface area contributed by atoms with Gasteiger partial charge in [-0.2, -0.15) is 0 Å². The topological polar surface area (TPSA) is 12.0 Å². The minimum atomic E-state index is 0.400. The summed E-state index contributed by atoms with van der Waals surface area (Å²) in [7, 11) is 0. The summed E-state index contributed by atoms with van der Waals surface area (Å²) in [6, 6.07) is 8.25. The van der Waals surface area contributed by atoms with E-state index < -0.39 is 0 Å². The number of rotatable bonds is 8. The minimum absolute atomic E-state index is 0.400. The van der Waals surface area contributed by atoms with Crippen molar-refractivity contribution < 1.29 is 0 Å². The molecule has 0 fully saturated rings. The number of nitrogens with one attached hydrogen (secondary N) is 1. The van der Waals surface area contributed by atoms with Crippen molar-refractivity contribution in [2.75, 3.05) is 13.1 Å². The maximum atomic E-state index is 6.32. The number of halogens is 1. The Hall–Kier alpha value is -0.530. The van der Waals surface area contributed by atoms with E-state index >= 15 is 0 Å². The highest BCUT2D eigenvalue weighted by Crippen LogP contribution is 2.27. The zero-order chi connectivity index (χ0) is 15.9. The van der Waals surface area contributed by atoms with E-state index in [-0.39, 0.29) is 0 Å². The van der Waals surface area contributed by atoms with E-state index in [9.17, 15) is 0 Å². The molecule has 1 unspecified atom stereocenters. The highest BCUT2D eigenvalue weighted by atomic mass is 35.5. The molecule has 0 spiro atoms. The molecule has 1 aromatic carbocycles. The van der Waals surface area contributed by atoms with Crippen LogP contribution in [0.15, 0.2) is 24.3 Å². The average Bonchev–Trinajstić information content (AvgIpc) is 2.37. The molecule has 0 aliphatic heterocycles. The van der Waals surface area contributed by atoms with Crippen LogP contribution in [0, 0.1) is 17.3 Å². The molecular weight excluding hydrogens is 278 g/mol. The van der Waals surface area contributed by atoms with Crippen LogP contribution < -0.4 is 5.32 Å². The SMILES string of the molecule is CC(C)CNCC(CCC(C)(C)C)Cc1ccccc1Cl. The van der Waals surface area contributed by atoms with Gasteiger partial charge in [0.1, 0.15) is 0 Å². The van der Waals surface area contributed by atoms with Gasteiger partial charge in [0.2, 0.25) is 0 Å². The van der Waals surface area contributed by atoms with Gasteiger partial charge in [0.25, 0.3) is 0 Å². The maximum Gasteiger partial charge on any atom is 0.0438 e. The average molecular weight is 310 g/mol. The van der Waals surface area contributed by atoms with Gasteiger partial charge in [0, 0.05) is 5.02 Å². The van der Waals surface area contributed by atoms with Crippen molar-refractivity contribution in [2.24, 2.45) is 17.3 Å². The largest absolute Gasteiger partial charge is 0.316 e. The zero-order valence-electron chi connectivity index (χ0n) is 14.4. The normalized spacial score (nSPS) is 13.7. The molecule has 1 nitrogen and oxygen atoms in total. The van der Waals surface area contributed by atoms with Gasteiger partial charge in [-0.3, -0.25) is 0 Å². The first kappa shape index (κ1) is 18.5. The van der Waals surface area contributed by atoms with Gasteiger partial charge in [-0.1, -0.05) is 64.4 Å². The Labute approximate surface area is 136 Å². The summed E-state index contributed by atoms with van der Waals surface area (Å²) in [5.41, 5.74) is 1.68. The van der Waals surface area contributed by atoms with Gasteiger partial charge < -0.3 is 5.32 Å². The van der Waals surface area contributed by atoms with Crippen LogP contribution in [-0.2, 0) is 6.42 Å². The predicted molar refractivity (Wildman–Crippen MR) is 95.0 cm³/mol. The second kappa shape index (κ2) is 8.80. The monoisotopic (exact) mass is 309 g/mol. The molecule has 0 amide bonds. The van der Waals surface area contributed by atoms with Crippen molar-refractivity contribution in [3.8, 4) is 0 Å². The molecule has 1 aromatic rings. The molecule has 0 radical (unpaired) electrons. The Morgan fingerprint density at radius 2 is 1.76 bits per heavy atom. The Bertz CT molecular complexity index is 406. The van der Waals surface area contributed by atoms with Crippen molar-refractivity contribution in [2.45, 2.75) is 53.9 Å². The Morgan fingerprint density at radius 1 is 1.10 bits per heavy atom. The third kappa shape index (κ3) is 8.48. The van der Waals surface area contributed by atoms with Gasteiger partial charge in [-0.05, 0) is 61.2 Å². The summed E-state index contributed by atoms with van der Waals surface area (Å²) in [5, 5.41) is 4.52. The standard InChI is InChI=1S/C19H32ClN/c1-15(2)13-21-14-16(10-11-19(3,4)5)12-17-8-6-7-9-18(17)20/h6-9,15-16,21H,10-14H2,1-5H3. The van der Waals surface area contributed by atoms with E-state index in [4.69, 9.17) is 11.6 Å². The van der Waals surface area contributed by atoms with E-state index in [0.29, 0.717) is 17.3 Å². The fraction of sp³-hybridized carbons (Fsp3) is 0.684. The lowest BCUT2D eigenvalue weighted by atomic mass is 9.84. The van der Waals surface area contributed by atoms with Crippen LogP contribution in [0.1, 0.15) is 53.0 Å². The molecule has 0 heterocycles. The summed E-state index contributed by atoms with van der Waals surface area (Å²) in [5.74, 6) is 1.36. The number of hydrogen-bond donors (Lipinski definition) is 1. The molecule has 21 heavy (non-hydrogen) atoms. The third-order valence-electron chi connectivity index (χ3n) is 3.75. The van der Waals surface area contributed by atoms with Gasteiger partial charge in [-0.25, -0.2) is 0 Å². The summed E-state index contributed by atoms with van der Waals surface area (Å²) in [6.07, 6.45) is 3.58. The van der Waals surface area contributed by atoms with Crippen LogP contribution in [0.25, 0.3) is 0 Å². The van der Waals surface area contributed by atoms with Crippen molar-refractivity contribution in [1.82, 2.24) is 5.32 Å². The number of hydrogen-bond acceptors (Lipinski definition) is 1. The molecule has 2 heteroatoms. The van der Waals surface area contributed by atoms with Gasteiger partial charge >= 0.3 is 0 Å². The molecule has 120 valence electrons. The Morgan fingerprint density at radius 3 is 2.33 bits per heavy atom. The van der Waals surface area contributed by atoms with Crippen LogP contribution in [0.4, 0.5) is 0 Å². The first-order chi connectivity index (χ1) is 9.78. The van der Waals surface area contributed by atoms with Crippen molar-refractivity contribution in [3.05, 3.63) is 34.9 Å². The van der Waals surface area contributed by atoms with Gasteiger partial charge in [-0.15, -0.1) is 0 Å². The molecule has 0 saturated carbocycles. The quantitative estimate of drug-likeness (QED) is 0.662. The maximum absolute atomic E-state index is 6.32. The van der Waals surface area contributed by atoms with E-state index in [1.54, 1.807) is 0 Å². The summed E-state index contributed by atoms with van der Waals surface area (Å²) in [4.78, 5) is 0. The fourth-order valence-corrected chi connectivity index (χ4v) is 2.68. The van der Waals surface area contributed by atoms with Crippen LogP contribution in [-0.4, -0.2) is 13.1 Å². The minimum Gasteiger partial charge on any atom is -0.316 e. The third-order valence-corrected chi connectivity index (χ3v) is 4.12. The van der Waals surface area contributed by atoms with E-state index in [1.165, 1.54) is 18.4 Å². The predicted octanol–water partition coefficient (Wildman–Crippen LogP) is 5.57. The first-order valence-electron chi connectivity index (χ1n) is 8.22. The van der Waals surface area contributed by atoms with Crippen LogP contribution in [0.5, 0.6) is 0 Å². The summed E-state index contributed by atoms with van der Waals surface area (Å²) >= 11 is 6.32. The Balaban J connectivity index is 2.60. The highest BCUT2D eigenvalue weighted by Gasteiger charge is 2.16. The van der Waals surface area contributed by atoms with Crippen molar-refractivity contribution >= 4 is 11.6 Å². The lowest BCUT2D eigenvalue weighted by Crippen LogP contribution is -2.28. The van der Waals surface area contributed by atoms with Gasteiger partial charge in [0.05, 0.1) is 0 Å². The number of benzene rings is 1. The first-order valence-corrected chi connectivity index (χ1v) is 8.60. The molecule has 0 saturated heterocycles. The highest BCUT2D eigenvalue weighted by molar-refractivity contribution is 6.31. The van der Waals surface area contributed by atoms with E-state index in [0.717, 1.165) is 24.5 Å². The fourth-order valence-electron chi connectivity index (χ4n) is 2.46. The zero-order valence-corrected chi connectivity index (χ0v) is 15.1. The Kier molecular flexibility index (Phi) is 7.76. The molecule has 0 aliphatic rings. The molecule has 1 N–H and O–H groups in total. The molecule has 1 atom stereocenters. The lowest BCUT2D eigenvalue weighted by molar-refractivity contribution is 0.311. The van der Waals surface area contributed by atoms with Crippen LogP contribution in [0.2, 0.25) is 5.02 Å². The van der Waals surface area contributed by atoms with Gasteiger partial charge in [0.15, 0.2) is 0 Å². The molecule has 0 aromatic heterocycles. The smallest absolute Gasteiger partial charge is 0.0438 e. The molecule has 0 aliphatic carbocycles. The van der Waals surface area contributed by atoms with E-state index in [2.05, 4.69) is 52.1 Å². The molecule has 1 rings (SSSR count). The summed E-state index contributed by atoms with van der Waals surface area (Å²) in [6.45, 7) is 13.6. The lowest BCUT2D eigenvalue weighted by Gasteiger charge is -2.24. The van der Waals surface area contributed by atoms with Crippen molar-refractivity contribution in [3.63, 3.8) is 0 Å². The van der Waals surface area contributed by atoms with E-state index in [1.807, 2.05) is 12.1 Å². The second-order valence-corrected chi connectivity index (χ2v) is 8.22. The summed E-state index contributed by atoms with van der Waals surface area (Å²) < 4.78 is 0. The van der Waals surface area contributed by atoms with Crippen LogP contribution >= 0.6 is 11.6 Å². The van der Waals surface area contributed by atoms with Crippen molar-refractivity contribution in [1.29, 1.82) is 0 Å². The molecule has 0 bridgehead atoms. The second-order valence-electron chi connectivity index (χ2n) is 7.81.